The minimum absolute atomic E-state index is 0.352. The Morgan fingerprint density at radius 3 is 2.53 bits per heavy atom. The van der Waals surface area contributed by atoms with Crippen molar-refractivity contribution in [1.82, 2.24) is 5.32 Å². The van der Waals surface area contributed by atoms with E-state index in [1.165, 1.54) is 0 Å². The summed E-state index contributed by atoms with van der Waals surface area (Å²) in [5.41, 5.74) is 6.68. The van der Waals surface area contributed by atoms with Gasteiger partial charge in [0.15, 0.2) is 0 Å². The first-order valence-corrected chi connectivity index (χ1v) is 4.87. The van der Waals surface area contributed by atoms with Gasteiger partial charge < -0.3 is 16.2 Å². The minimum Gasteiger partial charge on any atom is -0.392 e. The Labute approximate surface area is 89.1 Å². The summed E-state index contributed by atoms with van der Waals surface area (Å²) in [6.45, 7) is 2.95. The molecule has 0 bridgehead atoms. The number of carbonyl (C=O) groups is 1. The predicted octanol–water partition coefficient (Wildman–Crippen LogP) is 0.256. The van der Waals surface area contributed by atoms with E-state index in [9.17, 15) is 4.79 Å². The summed E-state index contributed by atoms with van der Waals surface area (Å²) < 4.78 is 0. The fourth-order valence-corrected chi connectivity index (χ4v) is 1.21. The lowest BCUT2D eigenvalue weighted by Gasteiger charge is -2.06. The van der Waals surface area contributed by atoms with E-state index in [1.807, 2.05) is 12.1 Å². The maximum atomic E-state index is 10.8. The molecule has 0 aliphatic heterocycles. The van der Waals surface area contributed by atoms with Crippen LogP contribution in [0, 0.1) is 0 Å². The molecule has 4 heteroatoms. The third kappa shape index (κ3) is 4.10. The maximum Gasteiger partial charge on any atom is 0.248 e. The number of hydrogen-bond acceptors (Lipinski definition) is 3. The van der Waals surface area contributed by atoms with Crippen molar-refractivity contribution in [2.75, 3.05) is 6.54 Å². The van der Waals surface area contributed by atoms with Crippen molar-refractivity contribution in [3.63, 3.8) is 0 Å². The molecule has 82 valence electrons. The number of rotatable bonds is 5. The van der Waals surface area contributed by atoms with Crippen LogP contribution in [0.2, 0.25) is 0 Å². The zero-order valence-corrected chi connectivity index (χ0v) is 8.73. The highest BCUT2D eigenvalue weighted by Crippen LogP contribution is 2.03. The van der Waals surface area contributed by atoms with Crippen LogP contribution in [-0.2, 0) is 6.54 Å². The molecular formula is C11H16N2O2. The maximum absolute atomic E-state index is 10.8. The number of nitrogens with one attached hydrogen (secondary N) is 1. The van der Waals surface area contributed by atoms with Crippen LogP contribution in [0.15, 0.2) is 24.3 Å². The highest BCUT2D eigenvalue weighted by Gasteiger charge is 2.00. The number of aliphatic hydroxyl groups is 1. The summed E-state index contributed by atoms with van der Waals surface area (Å²) in [5.74, 6) is -0.418. The quantitative estimate of drug-likeness (QED) is 0.649. The zero-order valence-electron chi connectivity index (χ0n) is 8.73. The van der Waals surface area contributed by atoms with Crippen molar-refractivity contribution >= 4 is 5.91 Å². The molecule has 4 N–H and O–H groups in total. The van der Waals surface area contributed by atoms with Crippen LogP contribution in [-0.4, -0.2) is 23.7 Å². The second-order valence-electron chi connectivity index (χ2n) is 3.54. The van der Waals surface area contributed by atoms with Crippen LogP contribution in [0.5, 0.6) is 0 Å². The second kappa shape index (κ2) is 5.48. The molecule has 0 saturated carbocycles. The molecule has 0 fully saturated rings. The molecule has 1 aromatic rings. The van der Waals surface area contributed by atoms with Crippen molar-refractivity contribution in [2.45, 2.75) is 19.6 Å². The lowest BCUT2D eigenvalue weighted by molar-refractivity contribution is 0.100. The molecule has 15 heavy (non-hydrogen) atoms. The van der Waals surface area contributed by atoms with Crippen molar-refractivity contribution in [3.8, 4) is 0 Å². The van der Waals surface area contributed by atoms with Crippen LogP contribution in [0.3, 0.4) is 0 Å². The Balaban J connectivity index is 2.46. The number of aliphatic hydroxyl groups excluding tert-OH is 1. The van der Waals surface area contributed by atoms with Gasteiger partial charge in [-0.05, 0) is 24.6 Å². The zero-order chi connectivity index (χ0) is 11.3. The van der Waals surface area contributed by atoms with Crippen molar-refractivity contribution in [1.29, 1.82) is 0 Å². The van der Waals surface area contributed by atoms with Crippen molar-refractivity contribution < 1.29 is 9.90 Å². The van der Waals surface area contributed by atoms with E-state index in [-0.39, 0.29) is 6.10 Å². The fraction of sp³-hybridized carbons (Fsp3) is 0.364. The van der Waals surface area contributed by atoms with Crippen LogP contribution < -0.4 is 11.1 Å². The Kier molecular flexibility index (Phi) is 4.27. The van der Waals surface area contributed by atoms with E-state index in [0.717, 1.165) is 5.56 Å². The van der Waals surface area contributed by atoms with Gasteiger partial charge in [0.2, 0.25) is 5.91 Å². The summed E-state index contributed by atoms with van der Waals surface area (Å²) in [5, 5.41) is 12.1. The number of amides is 1. The van der Waals surface area contributed by atoms with Gasteiger partial charge in [0.05, 0.1) is 6.10 Å². The largest absolute Gasteiger partial charge is 0.392 e. The molecule has 1 amide bonds. The molecule has 0 aromatic heterocycles. The van der Waals surface area contributed by atoms with Gasteiger partial charge in [0.25, 0.3) is 0 Å². The van der Waals surface area contributed by atoms with Gasteiger partial charge in [-0.2, -0.15) is 0 Å². The van der Waals surface area contributed by atoms with Gasteiger partial charge in [0.1, 0.15) is 0 Å². The fourth-order valence-electron chi connectivity index (χ4n) is 1.21. The summed E-state index contributed by atoms with van der Waals surface area (Å²) in [6.07, 6.45) is -0.352. The predicted molar refractivity (Wildman–Crippen MR) is 58.3 cm³/mol. The summed E-state index contributed by atoms with van der Waals surface area (Å²) in [7, 11) is 0. The second-order valence-corrected chi connectivity index (χ2v) is 3.54. The molecule has 0 spiro atoms. The highest BCUT2D eigenvalue weighted by molar-refractivity contribution is 5.92. The monoisotopic (exact) mass is 208 g/mol. The molecule has 0 heterocycles. The number of carbonyl (C=O) groups excluding carboxylic acids is 1. The molecule has 0 saturated heterocycles. The minimum atomic E-state index is -0.418. The smallest absolute Gasteiger partial charge is 0.248 e. The Hall–Kier alpha value is -1.39. The van der Waals surface area contributed by atoms with E-state index in [0.29, 0.717) is 18.7 Å². The molecule has 1 rings (SSSR count). The normalized spacial score (nSPS) is 12.4. The van der Waals surface area contributed by atoms with Crippen molar-refractivity contribution in [2.24, 2.45) is 5.73 Å². The first-order valence-electron chi connectivity index (χ1n) is 4.87. The lowest BCUT2D eigenvalue weighted by Crippen LogP contribution is -2.23. The number of nitrogens with two attached hydrogens (primary N) is 1. The standard InChI is InChI=1S/C11H16N2O2/c1-8(14)6-13-7-9-2-4-10(5-3-9)11(12)15/h2-5,8,13-14H,6-7H2,1H3,(H2,12,15)/t8-/m0/s1. The van der Waals surface area contributed by atoms with E-state index in [4.69, 9.17) is 10.8 Å². The van der Waals surface area contributed by atoms with E-state index >= 15 is 0 Å². The van der Waals surface area contributed by atoms with E-state index in [1.54, 1.807) is 19.1 Å². The number of primary amides is 1. The molecule has 0 unspecified atom stereocenters. The highest BCUT2D eigenvalue weighted by atomic mass is 16.3. The third-order valence-electron chi connectivity index (χ3n) is 2.01. The number of hydrogen-bond donors (Lipinski definition) is 3. The molecule has 0 radical (unpaired) electrons. The average Bonchev–Trinajstić information content (AvgIpc) is 2.18. The first kappa shape index (κ1) is 11.7. The Bertz CT molecular complexity index is 320. The Morgan fingerprint density at radius 1 is 1.47 bits per heavy atom. The summed E-state index contributed by atoms with van der Waals surface area (Å²) >= 11 is 0. The van der Waals surface area contributed by atoms with Crippen LogP contribution in [0.25, 0.3) is 0 Å². The van der Waals surface area contributed by atoms with Crippen molar-refractivity contribution in [3.05, 3.63) is 35.4 Å². The van der Waals surface area contributed by atoms with Gasteiger partial charge in [-0.15, -0.1) is 0 Å². The first-order chi connectivity index (χ1) is 7.09. The third-order valence-corrected chi connectivity index (χ3v) is 2.01. The molecular weight excluding hydrogens is 192 g/mol. The number of benzene rings is 1. The van der Waals surface area contributed by atoms with Crippen LogP contribution in [0.1, 0.15) is 22.8 Å². The Morgan fingerprint density at radius 2 is 2.07 bits per heavy atom. The average molecular weight is 208 g/mol. The van der Waals surface area contributed by atoms with Gasteiger partial charge in [-0.1, -0.05) is 12.1 Å². The molecule has 0 aliphatic rings. The summed E-state index contributed by atoms with van der Waals surface area (Å²) in [6, 6.07) is 7.08. The molecule has 1 aromatic carbocycles. The van der Waals surface area contributed by atoms with Gasteiger partial charge in [0, 0.05) is 18.7 Å². The lowest BCUT2D eigenvalue weighted by atomic mass is 10.1. The van der Waals surface area contributed by atoms with Crippen LogP contribution >= 0.6 is 0 Å². The van der Waals surface area contributed by atoms with Crippen LogP contribution in [0.4, 0.5) is 0 Å². The summed E-state index contributed by atoms with van der Waals surface area (Å²) in [4.78, 5) is 10.8. The molecule has 4 nitrogen and oxygen atoms in total. The SMILES string of the molecule is C[C@H](O)CNCc1ccc(C(N)=O)cc1. The molecule has 1 atom stereocenters. The van der Waals surface area contributed by atoms with Gasteiger partial charge >= 0.3 is 0 Å². The van der Waals surface area contributed by atoms with Gasteiger partial charge in [-0.3, -0.25) is 4.79 Å². The molecule has 0 aliphatic carbocycles. The van der Waals surface area contributed by atoms with Gasteiger partial charge in [-0.25, -0.2) is 0 Å². The topological polar surface area (TPSA) is 75.3 Å². The van der Waals surface area contributed by atoms with E-state index in [2.05, 4.69) is 5.32 Å². The van der Waals surface area contributed by atoms with E-state index < -0.39 is 5.91 Å².